The second kappa shape index (κ2) is 53.9. The first-order chi connectivity index (χ1) is 37.5. The quantitative estimate of drug-likeness (QED) is 0.0193. The van der Waals surface area contributed by atoms with Gasteiger partial charge in [-0.2, -0.15) is 8.42 Å². The first-order valence-electron chi connectivity index (χ1n) is 32.7. The third-order valence-electron chi connectivity index (χ3n) is 15.8. The summed E-state index contributed by atoms with van der Waals surface area (Å²) in [5, 5.41) is 45.3. The lowest BCUT2D eigenvalue weighted by Crippen LogP contribution is -2.61. The Morgan fingerprint density at radius 1 is 0.519 bits per heavy atom. The second-order valence-electron chi connectivity index (χ2n) is 23.1. The van der Waals surface area contributed by atoms with Crippen molar-refractivity contribution in [3.05, 3.63) is 24.3 Å². The van der Waals surface area contributed by atoms with Crippen molar-refractivity contribution in [2.75, 3.05) is 13.2 Å². The van der Waals surface area contributed by atoms with Gasteiger partial charge < -0.3 is 35.2 Å². The zero-order valence-corrected chi connectivity index (χ0v) is 50.6. The zero-order chi connectivity index (χ0) is 56.1. The molecule has 1 fully saturated rings. The molecule has 6 N–H and O–H groups in total. The molecule has 1 aliphatic rings. The van der Waals surface area contributed by atoms with Gasteiger partial charge in [0.15, 0.2) is 6.29 Å². The van der Waals surface area contributed by atoms with E-state index in [-0.39, 0.29) is 12.5 Å². The van der Waals surface area contributed by atoms with Crippen LogP contribution in [0.25, 0.3) is 0 Å². The van der Waals surface area contributed by atoms with Gasteiger partial charge in [-0.25, -0.2) is 4.18 Å². The van der Waals surface area contributed by atoms with E-state index in [9.17, 15) is 38.2 Å². The SMILES string of the molecule is CCCCCCCCCCC/C=C\C/C=C\CCCCCCCCCCCCCCCC(=O)NC(COC1OC(CO)C(O)C(OS(=O)(=O)O)C1O)C(O)CCCCCCCCCCCCCCCCCCCCCCC. The number of amides is 1. The molecule has 12 nitrogen and oxygen atoms in total. The summed E-state index contributed by atoms with van der Waals surface area (Å²) in [7, 11) is -5.08. The summed E-state index contributed by atoms with van der Waals surface area (Å²) >= 11 is 0. The van der Waals surface area contributed by atoms with E-state index in [0.29, 0.717) is 12.8 Å². The largest absolute Gasteiger partial charge is 0.397 e. The van der Waals surface area contributed by atoms with Gasteiger partial charge in [-0.05, 0) is 44.9 Å². The predicted octanol–water partition coefficient (Wildman–Crippen LogP) is 16.4. The van der Waals surface area contributed by atoms with Crippen LogP contribution in [0.4, 0.5) is 0 Å². The number of aliphatic hydroxyl groups is 4. The van der Waals surface area contributed by atoms with Crippen molar-refractivity contribution in [3.8, 4) is 0 Å². The summed E-state index contributed by atoms with van der Waals surface area (Å²) in [6.07, 6.45) is 59.1. The number of allylic oxidation sites excluding steroid dienone is 4. The molecule has 0 aromatic heterocycles. The molecule has 0 saturated carbocycles. The molecular weight excluding hydrogens is 991 g/mol. The lowest BCUT2D eigenvalue weighted by atomic mass is 9.99. The number of ether oxygens (including phenoxy) is 2. The summed E-state index contributed by atoms with van der Waals surface area (Å²) in [6.45, 7) is 3.51. The number of carbonyl (C=O) groups excluding carboxylic acids is 1. The Kier molecular flexibility index (Phi) is 51.5. The Balaban J connectivity index is 2.27. The van der Waals surface area contributed by atoms with Gasteiger partial charge in [0.2, 0.25) is 5.91 Å². The molecule has 1 amide bonds. The van der Waals surface area contributed by atoms with Crippen molar-refractivity contribution < 1.29 is 51.8 Å². The minimum Gasteiger partial charge on any atom is -0.394 e. The number of hydrogen-bond acceptors (Lipinski definition) is 10. The number of nitrogens with one attached hydrogen (secondary N) is 1. The predicted molar refractivity (Wildman–Crippen MR) is 319 cm³/mol. The zero-order valence-electron chi connectivity index (χ0n) is 49.8. The van der Waals surface area contributed by atoms with Crippen molar-refractivity contribution in [1.82, 2.24) is 5.32 Å². The summed E-state index contributed by atoms with van der Waals surface area (Å²) in [5.41, 5.74) is 0. The van der Waals surface area contributed by atoms with E-state index in [1.165, 1.54) is 238 Å². The second-order valence-corrected chi connectivity index (χ2v) is 24.1. The molecular formula is C64H123NO11S. The molecule has 0 radical (unpaired) electrons. The molecule has 1 aliphatic heterocycles. The van der Waals surface area contributed by atoms with Crippen LogP contribution < -0.4 is 5.32 Å². The summed E-state index contributed by atoms with van der Waals surface area (Å²) in [4.78, 5) is 13.2. The highest BCUT2D eigenvalue weighted by molar-refractivity contribution is 7.80. The fraction of sp³-hybridized carbons (Fsp3) is 0.922. The van der Waals surface area contributed by atoms with Crippen molar-refractivity contribution in [1.29, 1.82) is 0 Å². The van der Waals surface area contributed by atoms with Crippen molar-refractivity contribution >= 4 is 16.3 Å². The monoisotopic (exact) mass is 1110 g/mol. The molecule has 0 bridgehead atoms. The van der Waals surface area contributed by atoms with Gasteiger partial charge in [0.1, 0.15) is 24.4 Å². The molecule has 13 heteroatoms. The molecule has 456 valence electrons. The van der Waals surface area contributed by atoms with Crippen LogP contribution in [0.15, 0.2) is 24.3 Å². The van der Waals surface area contributed by atoms with Crippen LogP contribution >= 0.6 is 0 Å². The highest BCUT2D eigenvalue weighted by Crippen LogP contribution is 2.26. The van der Waals surface area contributed by atoms with E-state index in [2.05, 4.69) is 47.7 Å². The molecule has 0 aromatic rings. The number of carbonyl (C=O) groups is 1. The third kappa shape index (κ3) is 45.8. The summed E-state index contributed by atoms with van der Waals surface area (Å²) in [5.74, 6) is -0.225. The van der Waals surface area contributed by atoms with Crippen molar-refractivity contribution in [2.24, 2.45) is 0 Å². The van der Waals surface area contributed by atoms with Crippen LogP contribution in [0.1, 0.15) is 322 Å². The lowest BCUT2D eigenvalue weighted by molar-refractivity contribution is -0.298. The van der Waals surface area contributed by atoms with Crippen LogP contribution in [-0.2, 0) is 28.9 Å². The average molecular weight is 1110 g/mol. The number of rotatable bonds is 58. The van der Waals surface area contributed by atoms with Gasteiger partial charge in [-0.3, -0.25) is 9.35 Å². The molecule has 0 spiro atoms. The minimum atomic E-state index is -5.08. The molecule has 1 rings (SSSR count). The first-order valence-corrected chi connectivity index (χ1v) is 34.1. The maximum atomic E-state index is 13.2. The normalized spacial score (nSPS) is 19.0. The smallest absolute Gasteiger partial charge is 0.394 e. The highest BCUT2D eigenvalue weighted by Gasteiger charge is 2.48. The third-order valence-corrected chi connectivity index (χ3v) is 16.2. The maximum Gasteiger partial charge on any atom is 0.397 e. The maximum absolute atomic E-state index is 13.2. The Labute approximate surface area is 473 Å². The summed E-state index contributed by atoms with van der Waals surface area (Å²) in [6, 6.07) is -0.859. The fourth-order valence-corrected chi connectivity index (χ4v) is 11.2. The van der Waals surface area contributed by atoms with Gasteiger partial charge in [-0.15, -0.1) is 0 Å². The van der Waals surface area contributed by atoms with Gasteiger partial charge >= 0.3 is 10.4 Å². The van der Waals surface area contributed by atoms with Gasteiger partial charge in [0, 0.05) is 6.42 Å². The van der Waals surface area contributed by atoms with E-state index < -0.39 is 59.9 Å². The minimum absolute atomic E-state index is 0.225. The van der Waals surface area contributed by atoms with Crippen molar-refractivity contribution in [3.63, 3.8) is 0 Å². The van der Waals surface area contributed by atoms with Crippen LogP contribution in [-0.4, -0.2) is 95.4 Å². The van der Waals surface area contributed by atoms with Crippen LogP contribution in [0.5, 0.6) is 0 Å². The van der Waals surface area contributed by atoms with E-state index in [4.69, 9.17) is 9.47 Å². The summed E-state index contributed by atoms with van der Waals surface area (Å²) < 4.78 is 48.0. The van der Waals surface area contributed by atoms with Gasteiger partial charge in [0.25, 0.3) is 0 Å². The van der Waals surface area contributed by atoms with Gasteiger partial charge in [-0.1, -0.05) is 295 Å². The van der Waals surface area contributed by atoms with E-state index >= 15 is 0 Å². The molecule has 77 heavy (non-hydrogen) atoms. The number of unbranched alkanes of at least 4 members (excludes halogenated alkanes) is 42. The van der Waals surface area contributed by atoms with Crippen LogP contribution in [0.3, 0.4) is 0 Å². The average Bonchev–Trinajstić information content (AvgIpc) is 3.41. The van der Waals surface area contributed by atoms with E-state index in [1.54, 1.807) is 0 Å². The van der Waals surface area contributed by atoms with Gasteiger partial charge in [0.05, 0.1) is 25.4 Å². The molecule has 7 atom stereocenters. The Hall–Kier alpha value is -1.42. The number of hydrogen-bond donors (Lipinski definition) is 6. The standard InChI is InChI=1S/C64H123NO11S/c1-3-5-7-9-11-13-15-17-19-21-23-25-26-27-28-29-30-31-32-34-36-38-40-42-44-46-48-50-52-54-60(68)65-57(56-74-64-62(70)63(76-77(71,72)73)61(69)59(55-66)75-64)58(67)53-51-49-47-45-43-41-39-37-35-33-24-22-20-18-16-14-12-10-8-6-4-2/h23,25,27-28,57-59,61-64,66-67,69-70H,3-22,24,26,29-56H2,1-2H3,(H,65,68)(H,71,72,73)/b25-23-,28-27-. The fourth-order valence-electron chi connectivity index (χ4n) is 10.7. The topological polar surface area (TPSA) is 192 Å². The molecule has 7 unspecified atom stereocenters. The Bertz CT molecular complexity index is 1450. The van der Waals surface area contributed by atoms with Crippen LogP contribution in [0.2, 0.25) is 0 Å². The molecule has 0 aromatic carbocycles. The van der Waals surface area contributed by atoms with Crippen molar-refractivity contribution in [2.45, 2.75) is 365 Å². The lowest BCUT2D eigenvalue weighted by Gasteiger charge is -2.41. The Morgan fingerprint density at radius 3 is 1.23 bits per heavy atom. The number of aliphatic hydroxyl groups excluding tert-OH is 4. The first kappa shape index (κ1) is 73.6. The van der Waals surface area contributed by atoms with E-state index in [0.717, 1.165) is 57.8 Å². The molecule has 1 heterocycles. The van der Waals surface area contributed by atoms with Crippen LogP contribution in [0, 0.1) is 0 Å². The highest BCUT2D eigenvalue weighted by atomic mass is 32.3. The van der Waals surface area contributed by atoms with E-state index in [1.807, 2.05) is 0 Å². The Morgan fingerprint density at radius 2 is 0.870 bits per heavy atom. The molecule has 1 saturated heterocycles. The molecule has 0 aliphatic carbocycles.